The van der Waals surface area contributed by atoms with Crippen LogP contribution in [0.2, 0.25) is 0 Å². The van der Waals surface area contributed by atoms with Gasteiger partial charge in [-0.3, -0.25) is 14.3 Å². The number of H-pyrrole nitrogens is 1. The Kier molecular flexibility index (Phi) is 6.10. The summed E-state index contributed by atoms with van der Waals surface area (Å²) >= 11 is 1.67. The van der Waals surface area contributed by atoms with Crippen molar-refractivity contribution in [3.63, 3.8) is 0 Å². The van der Waals surface area contributed by atoms with Crippen LogP contribution >= 0.6 is 11.8 Å². The van der Waals surface area contributed by atoms with Gasteiger partial charge in [-0.15, -0.1) is 0 Å². The fraction of sp³-hybridized carbons (Fsp3) is 0.688. The Bertz CT molecular complexity index is 775. The van der Waals surface area contributed by atoms with Crippen LogP contribution in [0, 0.1) is 0 Å². The van der Waals surface area contributed by atoms with E-state index >= 15 is 0 Å². The lowest BCUT2D eigenvalue weighted by Crippen LogP contribution is -2.29. The van der Waals surface area contributed by atoms with Crippen LogP contribution in [0.1, 0.15) is 52.9 Å². The molecular weight excluding hydrogens is 312 g/mol. The SMILES string of the molecule is CCCCCCn1c(S[C@H](C)CC)nc2c1c(=O)[nH]c(=O)n2C. The molecule has 1 atom stereocenters. The van der Waals surface area contributed by atoms with E-state index in [4.69, 9.17) is 0 Å². The number of fused-ring (bicyclic) bond motifs is 1. The average molecular weight is 338 g/mol. The molecule has 23 heavy (non-hydrogen) atoms. The van der Waals surface area contributed by atoms with Gasteiger partial charge in [0.05, 0.1) is 0 Å². The van der Waals surface area contributed by atoms with Crippen LogP contribution in [0.4, 0.5) is 0 Å². The van der Waals surface area contributed by atoms with E-state index in [2.05, 4.69) is 30.7 Å². The second kappa shape index (κ2) is 7.86. The molecule has 2 aromatic heterocycles. The first-order chi connectivity index (χ1) is 11.0. The van der Waals surface area contributed by atoms with Crippen LogP contribution < -0.4 is 11.2 Å². The van der Waals surface area contributed by atoms with Gasteiger partial charge < -0.3 is 4.57 Å². The van der Waals surface area contributed by atoms with Crippen molar-refractivity contribution in [3.05, 3.63) is 20.8 Å². The van der Waals surface area contributed by atoms with Crippen molar-refractivity contribution in [2.45, 2.75) is 69.8 Å². The first-order valence-electron chi connectivity index (χ1n) is 8.35. The first kappa shape index (κ1) is 17.8. The molecule has 0 bridgehead atoms. The van der Waals surface area contributed by atoms with Gasteiger partial charge in [0.25, 0.3) is 5.56 Å². The van der Waals surface area contributed by atoms with E-state index in [0.717, 1.165) is 31.0 Å². The average Bonchev–Trinajstić information content (AvgIpc) is 2.88. The van der Waals surface area contributed by atoms with Crippen molar-refractivity contribution in [2.75, 3.05) is 0 Å². The van der Waals surface area contributed by atoms with Gasteiger partial charge >= 0.3 is 5.69 Å². The summed E-state index contributed by atoms with van der Waals surface area (Å²) in [5, 5.41) is 1.25. The predicted molar refractivity (Wildman–Crippen MR) is 95.3 cm³/mol. The van der Waals surface area contributed by atoms with Gasteiger partial charge in [0.1, 0.15) is 0 Å². The van der Waals surface area contributed by atoms with Crippen LogP contribution in [0.15, 0.2) is 14.7 Å². The highest BCUT2D eigenvalue weighted by atomic mass is 32.2. The number of thioether (sulfide) groups is 1. The smallest absolute Gasteiger partial charge is 0.313 e. The lowest BCUT2D eigenvalue weighted by Gasteiger charge is -2.11. The quantitative estimate of drug-likeness (QED) is 0.593. The topological polar surface area (TPSA) is 72.7 Å². The number of aromatic nitrogens is 4. The molecule has 2 heterocycles. The Morgan fingerprint density at radius 3 is 2.61 bits per heavy atom. The minimum absolute atomic E-state index is 0.345. The van der Waals surface area contributed by atoms with Crippen molar-refractivity contribution in [1.82, 2.24) is 19.1 Å². The third-order valence-corrected chi connectivity index (χ3v) is 5.35. The van der Waals surface area contributed by atoms with E-state index < -0.39 is 5.69 Å². The van der Waals surface area contributed by atoms with E-state index in [9.17, 15) is 9.59 Å². The normalized spacial score (nSPS) is 12.9. The first-order valence-corrected chi connectivity index (χ1v) is 9.23. The summed E-state index contributed by atoms with van der Waals surface area (Å²) in [5.41, 5.74) is 0.217. The fourth-order valence-electron chi connectivity index (χ4n) is 2.47. The highest BCUT2D eigenvalue weighted by Gasteiger charge is 2.18. The molecule has 2 rings (SSSR count). The summed E-state index contributed by atoms with van der Waals surface area (Å²) in [7, 11) is 1.65. The number of unbranched alkanes of at least 4 members (excludes halogenated alkanes) is 3. The van der Waals surface area contributed by atoms with Crippen LogP contribution in [-0.2, 0) is 13.6 Å². The van der Waals surface area contributed by atoms with E-state index in [1.165, 1.54) is 17.4 Å². The highest BCUT2D eigenvalue weighted by Crippen LogP contribution is 2.27. The van der Waals surface area contributed by atoms with Crippen molar-refractivity contribution < 1.29 is 0 Å². The number of imidazole rings is 1. The number of hydrogen-bond acceptors (Lipinski definition) is 4. The standard InChI is InChI=1S/C16H26N4O2S/c1-5-7-8-9-10-20-12-13(17-16(20)23-11(3)6-2)19(4)15(22)18-14(12)21/h11H,5-10H2,1-4H3,(H,18,21,22)/t11-/m1/s1. The zero-order valence-corrected chi connectivity index (χ0v) is 15.2. The lowest BCUT2D eigenvalue weighted by molar-refractivity contribution is 0.562. The van der Waals surface area contributed by atoms with Crippen molar-refractivity contribution >= 4 is 22.9 Å². The Balaban J connectivity index is 2.49. The molecule has 0 aliphatic carbocycles. The number of nitrogens with zero attached hydrogens (tertiary/aromatic N) is 3. The molecule has 0 aliphatic rings. The molecule has 0 fully saturated rings. The Labute approximate surface area is 140 Å². The maximum Gasteiger partial charge on any atom is 0.329 e. The van der Waals surface area contributed by atoms with Gasteiger partial charge in [0.15, 0.2) is 16.3 Å². The summed E-state index contributed by atoms with van der Waals surface area (Å²) < 4.78 is 3.40. The third-order valence-electron chi connectivity index (χ3n) is 4.09. The lowest BCUT2D eigenvalue weighted by atomic mass is 10.2. The van der Waals surface area contributed by atoms with Gasteiger partial charge in [0, 0.05) is 18.8 Å². The summed E-state index contributed by atoms with van der Waals surface area (Å²) in [4.78, 5) is 31.1. The summed E-state index contributed by atoms with van der Waals surface area (Å²) in [6.45, 7) is 7.22. The van der Waals surface area contributed by atoms with Crippen molar-refractivity contribution in [3.8, 4) is 0 Å². The van der Waals surface area contributed by atoms with E-state index in [-0.39, 0.29) is 5.56 Å². The second-order valence-corrected chi connectivity index (χ2v) is 7.34. The van der Waals surface area contributed by atoms with Gasteiger partial charge in [-0.05, 0) is 12.8 Å². The minimum Gasteiger partial charge on any atom is -0.313 e. The van der Waals surface area contributed by atoms with E-state index in [1.807, 2.05) is 4.57 Å². The molecule has 128 valence electrons. The van der Waals surface area contributed by atoms with Crippen LogP contribution in [-0.4, -0.2) is 24.4 Å². The Morgan fingerprint density at radius 1 is 1.22 bits per heavy atom. The molecule has 2 aromatic rings. The Morgan fingerprint density at radius 2 is 1.96 bits per heavy atom. The maximum absolute atomic E-state index is 12.3. The van der Waals surface area contributed by atoms with Gasteiger partial charge in [-0.2, -0.15) is 0 Å². The molecule has 0 aromatic carbocycles. The number of hydrogen-bond donors (Lipinski definition) is 1. The van der Waals surface area contributed by atoms with Gasteiger partial charge in [-0.25, -0.2) is 9.78 Å². The monoisotopic (exact) mass is 338 g/mol. The van der Waals surface area contributed by atoms with E-state index in [0.29, 0.717) is 16.4 Å². The Hall–Kier alpha value is -1.50. The molecule has 6 nitrogen and oxygen atoms in total. The molecule has 0 saturated heterocycles. The van der Waals surface area contributed by atoms with Crippen LogP contribution in [0.25, 0.3) is 11.2 Å². The van der Waals surface area contributed by atoms with Gasteiger partial charge in [0.2, 0.25) is 0 Å². The molecule has 0 radical (unpaired) electrons. The van der Waals surface area contributed by atoms with E-state index in [1.54, 1.807) is 18.8 Å². The highest BCUT2D eigenvalue weighted by molar-refractivity contribution is 7.99. The number of aromatic amines is 1. The van der Waals surface area contributed by atoms with Gasteiger partial charge in [-0.1, -0.05) is 51.8 Å². The molecule has 0 saturated carbocycles. The number of aryl methyl sites for hydroxylation is 2. The predicted octanol–water partition coefficient (Wildman–Crippen LogP) is 2.89. The van der Waals surface area contributed by atoms with Crippen molar-refractivity contribution in [1.29, 1.82) is 0 Å². The molecule has 0 unspecified atom stereocenters. The number of rotatable bonds is 8. The second-order valence-electron chi connectivity index (χ2n) is 5.93. The fourth-order valence-corrected chi connectivity index (χ4v) is 3.45. The largest absolute Gasteiger partial charge is 0.329 e. The molecule has 0 amide bonds. The zero-order chi connectivity index (χ0) is 17.0. The summed E-state index contributed by atoms with van der Waals surface area (Å²) in [6, 6.07) is 0. The number of nitrogens with one attached hydrogen (secondary N) is 1. The minimum atomic E-state index is -0.418. The molecule has 0 spiro atoms. The van der Waals surface area contributed by atoms with Crippen LogP contribution in [0.5, 0.6) is 0 Å². The van der Waals surface area contributed by atoms with Crippen LogP contribution in [0.3, 0.4) is 0 Å². The molecule has 1 N–H and O–H groups in total. The zero-order valence-electron chi connectivity index (χ0n) is 14.4. The molecule has 0 aliphatic heterocycles. The molecular formula is C16H26N4O2S. The van der Waals surface area contributed by atoms with Crippen molar-refractivity contribution in [2.24, 2.45) is 7.05 Å². The third kappa shape index (κ3) is 3.88. The molecule has 7 heteroatoms. The summed E-state index contributed by atoms with van der Waals surface area (Å²) in [5.74, 6) is 0. The maximum atomic E-state index is 12.3. The summed E-state index contributed by atoms with van der Waals surface area (Å²) in [6.07, 6.45) is 5.53.